The molecule has 0 aliphatic heterocycles. The fourth-order valence-electron chi connectivity index (χ4n) is 8.77. The minimum absolute atomic E-state index is 1.13. The predicted octanol–water partition coefficient (Wildman–Crippen LogP) is 14.3. The maximum Gasteiger partial charge on any atom is 0.0619 e. The molecule has 51 heavy (non-hydrogen) atoms. The molecule has 0 bridgehead atoms. The minimum atomic E-state index is 1.13. The van der Waals surface area contributed by atoms with Gasteiger partial charge in [-0.1, -0.05) is 170 Å². The summed E-state index contributed by atoms with van der Waals surface area (Å²) in [7, 11) is 0. The summed E-state index contributed by atoms with van der Waals surface area (Å²) in [6, 6.07) is 69.4. The van der Waals surface area contributed by atoms with Crippen LogP contribution in [0.25, 0.3) is 86.5 Å². The second kappa shape index (κ2) is 10.9. The first-order valence-electron chi connectivity index (χ1n) is 17.7. The molecule has 0 radical (unpaired) electrons. The van der Waals surface area contributed by atoms with Gasteiger partial charge in [0.25, 0.3) is 0 Å². The van der Waals surface area contributed by atoms with Crippen molar-refractivity contribution in [2.24, 2.45) is 0 Å². The SMILES string of the molecule is c1ccc(N(c2c3ccccc3cc3ccccc23)c2c3ccccc3c(-c3ccc4ccc5cccc6ccc3c4c56)c3ccccc23)cc1. The fourth-order valence-corrected chi connectivity index (χ4v) is 8.77. The Morgan fingerprint density at radius 2 is 0.725 bits per heavy atom. The van der Waals surface area contributed by atoms with Crippen molar-refractivity contribution in [3.63, 3.8) is 0 Å². The van der Waals surface area contributed by atoms with Crippen LogP contribution in [-0.4, -0.2) is 0 Å². The summed E-state index contributed by atoms with van der Waals surface area (Å²) in [5.74, 6) is 0. The van der Waals surface area contributed by atoms with Gasteiger partial charge in [-0.2, -0.15) is 0 Å². The highest BCUT2D eigenvalue weighted by atomic mass is 15.1. The lowest BCUT2D eigenvalue weighted by molar-refractivity contribution is 1.34. The van der Waals surface area contributed by atoms with Gasteiger partial charge in [-0.3, -0.25) is 0 Å². The molecule has 11 rings (SSSR count). The maximum atomic E-state index is 2.53. The molecule has 0 aromatic heterocycles. The third-order valence-electron chi connectivity index (χ3n) is 10.9. The Balaban J connectivity index is 1.31. The van der Waals surface area contributed by atoms with Crippen molar-refractivity contribution in [2.75, 3.05) is 4.90 Å². The fraction of sp³-hybridized carbons (Fsp3) is 0. The molecule has 0 aliphatic rings. The van der Waals surface area contributed by atoms with Gasteiger partial charge in [0.05, 0.1) is 11.4 Å². The van der Waals surface area contributed by atoms with Crippen LogP contribution < -0.4 is 4.90 Å². The Kier molecular flexibility index (Phi) is 6.02. The molecule has 0 fully saturated rings. The zero-order chi connectivity index (χ0) is 33.5. The van der Waals surface area contributed by atoms with Crippen molar-refractivity contribution in [2.45, 2.75) is 0 Å². The Morgan fingerprint density at radius 1 is 0.275 bits per heavy atom. The molecular weight excluding hydrogens is 615 g/mol. The summed E-state index contributed by atoms with van der Waals surface area (Å²) in [6.07, 6.45) is 0. The van der Waals surface area contributed by atoms with E-state index >= 15 is 0 Å². The Labute approximate surface area is 295 Å². The van der Waals surface area contributed by atoms with Crippen LogP contribution in [0, 0.1) is 0 Å². The summed E-state index contributed by atoms with van der Waals surface area (Å²) in [5, 5.41) is 17.7. The van der Waals surface area contributed by atoms with Gasteiger partial charge in [0, 0.05) is 27.2 Å². The highest BCUT2D eigenvalue weighted by Gasteiger charge is 2.25. The number of rotatable bonds is 4. The van der Waals surface area contributed by atoms with Gasteiger partial charge in [-0.05, 0) is 83.2 Å². The minimum Gasteiger partial charge on any atom is -0.308 e. The lowest BCUT2D eigenvalue weighted by Crippen LogP contribution is -2.12. The standard InChI is InChI=1S/C50H31N/c1-2-17-37(18-3-1)51(49-38-19-6-4-13-35(38)31-36-14-5-7-20-39(36)49)50-44-23-10-8-21-40(44)48(41-22-9-11-24-45(41)50)43-30-28-34-26-25-32-15-12-16-33-27-29-42(43)47(34)46(32)33/h1-31H. The molecule has 1 heteroatoms. The van der Waals surface area contributed by atoms with E-state index < -0.39 is 0 Å². The van der Waals surface area contributed by atoms with Crippen LogP contribution in [0.5, 0.6) is 0 Å². The van der Waals surface area contributed by atoms with E-state index in [0.717, 1.165) is 5.69 Å². The number of fused-ring (bicyclic) bond motifs is 4. The predicted molar refractivity (Wildman–Crippen MR) is 220 cm³/mol. The van der Waals surface area contributed by atoms with E-state index in [1.807, 2.05) is 0 Å². The molecular formula is C50H31N. The van der Waals surface area contributed by atoms with Gasteiger partial charge in [0.15, 0.2) is 0 Å². The number of nitrogens with zero attached hydrogens (tertiary/aromatic N) is 1. The first-order valence-corrected chi connectivity index (χ1v) is 17.7. The Hall–Kier alpha value is -6.70. The zero-order valence-corrected chi connectivity index (χ0v) is 27.8. The zero-order valence-electron chi connectivity index (χ0n) is 27.8. The topological polar surface area (TPSA) is 3.24 Å². The maximum absolute atomic E-state index is 2.53. The molecule has 0 saturated carbocycles. The number of hydrogen-bond acceptors (Lipinski definition) is 1. The molecule has 1 nitrogen and oxygen atoms in total. The van der Waals surface area contributed by atoms with Crippen molar-refractivity contribution < 1.29 is 0 Å². The normalized spacial score (nSPS) is 11.9. The smallest absolute Gasteiger partial charge is 0.0619 e. The molecule has 0 N–H and O–H groups in total. The highest BCUT2D eigenvalue weighted by molar-refractivity contribution is 6.30. The second-order valence-electron chi connectivity index (χ2n) is 13.6. The summed E-state index contributed by atoms with van der Waals surface area (Å²) in [6.45, 7) is 0. The van der Waals surface area contributed by atoms with Crippen molar-refractivity contribution in [1.29, 1.82) is 0 Å². The average molecular weight is 646 g/mol. The third-order valence-corrected chi connectivity index (χ3v) is 10.9. The number of anilines is 3. The highest BCUT2D eigenvalue weighted by Crippen LogP contribution is 2.52. The molecule has 0 unspecified atom stereocenters. The molecule has 0 amide bonds. The first-order chi connectivity index (χ1) is 25.3. The van der Waals surface area contributed by atoms with Gasteiger partial charge in [-0.25, -0.2) is 0 Å². The monoisotopic (exact) mass is 645 g/mol. The lowest BCUT2D eigenvalue weighted by atomic mass is 9.85. The number of benzene rings is 11. The van der Waals surface area contributed by atoms with Gasteiger partial charge in [-0.15, -0.1) is 0 Å². The Bertz CT molecular complexity index is 3010. The van der Waals surface area contributed by atoms with E-state index in [-0.39, 0.29) is 0 Å². The number of para-hydroxylation sites is 1. The molecule has 0 spiro atoms. The van der Waals surface area contributed by atoms with Crippen LogP contribution in [0.3, 0.4) is 0 Å². The summed E-state index contributed by atoms with van der Waals surface area (Å²) in [5.41, 5.74) is 6.06. The van der Waals surface area contributed by atoms with E-state index in [4.69, 9.17) is 0 Å². The van der Waals surface area contributed by atoms with Gasteiger partial charge in [0.1, 0.15) is 0 Å². The van der Waals surface area contributed by atoms with E-state index in [1.165, 1.54) is 97.9 Å². The summed E-state index contributed by atoms with van der Waals surface area (Å²) in [4.78, 5) is 2.53. The molecule has 11 aromatic rings. The molecule has 11 aromatic carbocycles. The molecule has 236 valence electrons. The molecule has 0 atom stereocenters. The quantitative estimate of drug-likeness (QED) is 0.136. The summed E-state index contributed by atoms with van der Waals surface area (Å²) >= 11 is 0. The van der Waals surface area contributed by atoms with Gasteiger partial charge >= 0.3 is 0 Å². The van der Waals surface area contributed by atoms with Crippen LogP contribution in [-0.2, 0) is 0 Å². The van der Waals surface area contributed by atoms with Gasteiger partial charge in [0.2, 0.25) is 0 Å². The van der Waals surface area contributed by atoms with E-state index in [2.05, 4.69) is 193 Å². The number of hydrogen-bond donors (Lipinski definition) is 0. The average Bonchev–Trinajstić information content (AvgIpc) is 3.20. The van der Waals surface area contributed by atoms with E-state index in [0.29, 0.717) is 0 Å². The van der Waals surface area contributed by atoms with Crippen LogP contribution in [0.4, 0.5) is 17.1 Å². The lowest BCUT2D eigenvalue weighted by Gasteiger charge is -2.31. The van der Waals surface area contributed by atoms with Crippen molar-refractivity contribution in [1.82, 2.24) is 0 Å². The van der Waals surface area contributed by atoms with Crippen molar-refractivity contribution in [3.8, 4) is 11.1 Å². The molecule has 0 aliphatic carbocycles. The Morgan fingerprint density at radius 3 is 1.35 bits per heavy atom. The largest absolute Gasteiger partial charge is 0.308 e. The molecule has 0 heterocycles. The van der Waals surface area contributed by atoms with Crippen molar-refractivity contribution in [3.05, 3.63) is 188 Å². The van der Waals surface area contributed by atoms with Crippen LogP contribution in [0.1, 0.15) is 0 Å². The van der Waals surface area contributed by atoms with E-state index in [9.17, 15) is 0 Å². The second-order valence-corrected chi connectivity index (χ2v) is 13.6. The van der Waals surface area contributed by atoms with Crippen LogP contribution in [0.15, 0.2) is 188 Å². The van der Waals surface area contributed by atoms with Crippen LogP contribution >= 0.6 is 0 Å². The third kappa shape index (κ3) is 4.09. The van der Waals surface area contributed by atoms with Gasteiger partial charge < -0.3 is 4.90 Å². The first kappa shape index (κ1) is 28.2. The van der Waals surface area contributed by atoms with E-state index in [1.54, 1.807) is 0 Å². The van der Waals surface area contributed by atoms with Crippen molar-refractivity contribution >= 4 is 92.5 Å². The van der Waals surface area contributed by atoms with Crippen LogP contribution in [0.2, 0.25) is 0 Å². The summed E-state index contributed by atoms with van der Waals surface area (Å²) < 4.78 is 0. The molecule has 0 saturated heterocycles.